The summed E-state index contributed by atoms with van der Waals surface area (Å²) >= 11 is 0. The minimum atomic E-state index is -0.0550. The van der Waals surface area contributed by atoms with Crippen LogP contribution in [0.4, 0.5) is 0 Å². The Bertz CT molecular complexity index is 588. The van der Waals surface area contributed by atoms with Crippen LogP contribution in [0.25, 0.3) is 0 Å². The number of hydrogen-bond acceptors (Lipinski definition) is 3. The molecular formula is C16H17NO2. The van der Waals surface area contributed by atoms with E-state index >= 15 is 0 Å². The normalized spacial score (nSPS) is 10.3. The average Bonchev–Trinajstić information content (AvgIpc) is 2.39. The first kappa shape index (κ1) is 13.3. The van der Waals surface area contributed by atoms with Crippen molar-refractivity contribution in [3.05, 3.63) is 58.9 Å². The minimum absolute atomic E-state index is 0.0550. The van der Waals surface area contributed by atoms with Crippen molar-refractivity contribution in [2.45, 2.75) is 20.8 Å². The molecule has 0 amide bonds. The lowest BCUT2D eigenvalue weighted by Crippen LogP contribution is -2.06. The van der Waals surface area contributed by atoms with Gasteiger partial charge in [0.15, 0.2) is 0 Å². The summed E-state index contributed by atoms with van der Waals surface area (Å²) < 4.78 is 5.36. The highest BCUT2D eigenvalue weighted by atomic mass is 16.5. The van der Waals surface area contributed by atoms with Gasteiger partial charge in [-0.3, -0.25) is 9.78 Å². The number of ketones is 1. The summed E-state index contributed by atoms with van der Waals surface area (Å²) in [5.41, 5.74) is 3.09. The largest absolute Gasteiger partial charge is 0.494 e. The van der Waals surface area contributed by atoms with E-state index in [0.29, 0.717) is 17.9 Å². The van der Waals surface area contributed by atoms with Crippen molar-refractivity contribution >= 4 is 5.78 Å². The van der Waals surface area contributed by atoms with Gasteiger partial charge < -0.3 is 4.74 Å². The van der Waals surface area contributed by atoms with Gasteiger partial charge in [-0.15, -0.1) is 0 Å². The first-order valence-electron chi connectivity index (χ1n) is 6.32. The van der Waals surface area contributed by atoms with Crippen LogP contribution in [-0.2, 0) is 0 Å². The summed E-state index contributed by atoms with van der Waals surface area (Å²) in [5.74, 6) is 0.716. The predicted molar refractivity (Wildman–Crippen MR) is 74.8 cm³/mol. The van der Waals surface area contributed by atoms with Crippen molar-refractivity contribution in [2.75, 3.05) is 6.61 Å². The minimum Gasteiger partial charge on any atom is -0.494 e. The maximum atomic E-state index is 12.3. The number of rotatable bonds is 4. The summed E-state index contributed by atoms with van der Waals surface area (Å²) in [6.45, 7) is 6.41. The monoisotopic (exact) mass is 255 g/mol. The molecule has 0 saturated heterocycles. The SMILES string of the molecule is CCOc1ccc(C(=O)c2ncc(C)cc2C)cc1. The maximum absolute atomic E-state index is 12.3. The first-order chi connectivity index (χ1) is 9.11. The highest BCUT2D eigenvalue weighted by Gasteiger charge is 2.13. The molecule has 2 aromatic rings. The summed E-state index contributed by atoms with van der Waals surface area (Å²) in [5, 5.41) is 0. The van der Waals surface area contributed by atoms with Crippen LogP contribution in [0.2, 0.25) is 0 Å². The zero-order valence-corrected chi connectivity index (χ0v) is 11.4. The summed E-state index contributed by atoms with van der Waals surface area (Å²) in [6, 6.07) is 9.12. The second-order valence-electron chi connectivity index (χ2n) is 4.46. The average molecular weight is 255 g/mol. The Labute approximate surface area is 113 Å². The van der Waals surface area contributed by atoms with Crippen molar-refractivity contribution in [1.29, 1.82) is 0 Å². The third-order valence-corrected chi connectivity index (χ3v) is 2.86. The van der Waals surface area contributed by atoms with Crippen LogP contribution < -0.4 is 4.74 Å². The second-order valence-corrected chi connectivity index (χ2v) is 4.46. The van der Waals surface area contributed by atoms with E-state index in [4.69, 9.17) is 4.74 Å². The number of hydrogen-bond donors (Lipinski definition) is 0. The van der Waals surface area contributed by atoms with Gasteiger partial charge in [0.1, 0.15) is 11.4 Å². The number of ether oxygens (including phenoxy) is 1. The van der Waals surface area contributed by atoms with Crippen molar-refractivity contribution in [3.8, 4) is 5.75 Å². The zero-order valence-electron chi connectivity index (χ0n) is 11.4. The van der Waals surface area contributed by atoms with E-state index in [1.54, 1.807) is 30.5 Å². The molecule has 0 aliphatic heterocycles. The zero-order chi connectivity index (χ0) is 13.8. The van der Waals surface area contributed by atoms with Gasteiger partial charge in [-0.1, -0.05) is 6.07 Å². The molecule has 0 atom stereocenters. The van der Waals surface area contributed by atoms with Gasteiger partial charge in [0.2, 0.25) is 5.78 Å². The number of carbonyl (C=O) groups is 1. The van der Waals surface area contributed by atoms with Gasteiger partial charge in [-0.2, -0.15) is 0 Å². The Morgan fingerprint density at radius 1 is 1.21 bits per heavy atom. The van der Waals surface area contributed by atoms with Crippen LogP contribution in [0.1, 0.15) is 34.1 Å². The molecule has 0 radical (unpaired) electrons. The topological polar surface area (TPSA) is 39.2 Å². The Morgan fingerprint density at radius 3 is 2.47 bits per heavy atom. The van der Waals surface area contributed by atoms with Crippen molar-refractivity contribution in [1.82, 2.24) is 4.98 Å². The van der Waals surface area contributed by atoms with Crippen LogP contribution in [-0.4, -0.2) is 17.4 Å². The van der Waals surface area contributed by atoms with E-state index in [2.05, 4.69) is 4.98 Å². The molecule has 0 unspecified atom stereocenters. The first-order valence-corrected chi connectivity index (χ1v) is 6.32. The predicted octanol–water partition coefficient (Wildman–Crippen LogP) is 3.33. The van der Waals surface area contributed by atoms with Crippen LogP contribution in [0.3, 0.4) is 0 Å². The van der Waals surface area contributed by atoms with E-state index in [1.807, 2.05) is 26.8 Å². The standard InChI is InChI=1S/C16H17NO2/c1-4-19-14-7-5-13(6-8-14)16(18)15-12(3)9-11(2)10-17-15/h5-10H,4H2,1-3H3. The fourth-order valence-corrected chi connectivity index (χ4v) is 1.96. The Morgan fingerprint density at radius 2 is 1.89 bits per heavy atom. The number of nitrogens with zero attached hydrogens (tertiary/aromatic N) is 1. The third-order valence-electron chi connectivity index (χ3n) is 2.86. The van der Waals surface area contributed by atoms with Gasteiger partial charge in [0.05, 0.1) is 6.61 Å². The molecule has 3 heteroatoms. The molecule has 0 fully saturated rings. The molecule has 98 valence electrons. The van der Waals surface area contributed by atoms with E-state index in [1.165, 1.54) is 0 Å². The summed E-state index contributed by atoms with van der Waals surface area (Å²) in [7, 11) is 0. The third kappa shape index (κ3) is 2.99. The number of aryl methyl sites for hydroxylation is 2. The molecule has 0 aliphatic rings. The lowest BCUT2D eigenvalue weighted by Gasteiger charge is -2.06. The second kappa shape index (κ2) is 5.65. The fraction of sp³-hybridized carbons (Fsp3) is 0.250. The number of aromatic nitrogens is 1. The van der Waals surface area contributed by atoms with Crippen LogP contribution >= 0.6 is 0 Å². The molecule has 1 aromatic heterocycles. The Hall–Kier alpha value is -2.16. The van der Waals surface area contributed by atoms with E-state index in [9.17, 15) is 4.79 Å². The van der Waals surface area contributed by atoms with E-state index in [0.717, 1.165) is 16.9 Å². The van der Waals surface area contributed by atoms with Crippen molar-refractivity contribution in [3.63, 3.8) is 0 Å². The Kier molecular flexibility index (Phi) is 3.95. The van der Waals surface area contributed by atoms with Crippen LogP contribution in [0.15, 0.2) is 36.5 Å². The lowest BCUT2D eigenvalue weighted by atomic mass is 10.0. The molecule has 19 heavy (non-hydrogen) atoms. The summed E-state index contributed by atoms with van der Waals surface area (Å²) in [6.07, 6.45) is 1.72. The molecule has 1 heterocycles. The molecule has 1 aromatic carbocycles. The molecule has 0 bridgehead atoms. The van der Waals surface area contributed by atoms with Crippen molar-refractivity contribution in [2.24, 2.45) is 0 Å². The highest BCUT2D eigenvalue weighted by molar-refractivity contribution is 6.08. The lowest BCUT2D eigenvalue weighted by molar-refractivity contribution is 0.103. The number of carbonyl (C=O) groups excluding carboxylic acids is 1. The van der Waals surface area contributed by atoms with Crippen LogP contribution in [0.5, 0.6) is 5.75 Å². The van der Waals surface area contributed by atoms with Gasteiger partial charge in [0, 0.05) is 11.8 Å². The van der Waals surface area contributed by atoms with Gasteiger partial charge in [0.25, 0.3) is 0 Å². The van der Waals surface area contributed by atoms with Crippen molar-refractivity contribution < 1.29 is 9.53 Å². The van der Waals surface area contributed by atoms with E-state index in [-0.39, 0.29) is 5.78 Å². The summed E-state index contributed by atoms with van der Waals surface area (Å²) in [4.78, 5) is 16.6. The molecule has 0 spiro atoms. The number of benzene rings is 1. The molecular weight excluding hydrogens is 238 g/mol. The Balaban J connectivity index is 2.28. The van der Waals surface area contributed by atoms with Crippen LogP contribution in [0, 0.1) is 13.8 Å². The van der Waals surface area contributed by atoms with Gasteiger partial charge in [-0.25, -0.2) is 0 Å². The smallest absolute Gasteiger partial charge is 0.211 e. The molecule has 0 saturated carbocycles. The number of pyridine rings is 1. The molecule has 0 aliphatic carbocycles. The van der Waals surface area contributed by atoms with E-state index < -0.39 is 0 Å². The quantitative estimate of drug-likeness (QED) is 0.787. The maximum Gasteiger partial charge on any atom is 0.211 e. The molecule has 2 rings (SSSR count). The molecule has 0 N–H and O–H groups in total. The fourth-order valence-electron chi connectivity index (χ4n) is 1.96. The van der Waals surface area contributed by atoms with Gasteiger partial charge in [-0.05, 0) is 56.2 Å². The van der Waals surface area contributed by atoms with Gasteiger partial charge >= 0.3 is 0 Å². The molecule has 3 nitrogen and oxygen atoms in total. The highest BCUT2D eigenvalue weighted by Crippen LogP contribution is 2.16.